The van der Waals surface area contributed by atoms with Crippen molar-refractivity contribution in [1.82, 2.24) is 10.0 Å². The fraction of sp³-hybridized carbons (Fsp3) is 0.500. The standard InChI is InChI=1S/C12H15F3N2O3S.2ClH/c13-9-1-2-10(12(15)11(9)14)21(18,19)17-6-8-5-16-3-4-20-7-8;;/h1-2,8,16-17H,3-7H2;2*1H. The second-order valence-electron chi connectivity index (χ2n) is 4.67. The lowest BCUT2D eigenvalue weighted by Crippen LogP contribution is -2.35. The minimum Gasteiger partial charge on any atom is -0.380 e. The van der Waals surface area contributed by atoms with Gasteiger partial charge < -0.3 is 10.1 Å². The molecule has 1 aromatic carbocycles. The highest BCUT2D eigenvalue weighted by Gasteiger charge is 2.25. The van der Waals surface area contributed by atoms with Gasteiger partial charge in [0.15, 0.2) is 17.5 Å². The van der Waals surface area contributed by atoms with Gasteiger partial charge in [-0.15, -0.1) is 24.8 Å². The van der Waals surface area contributed by atoms with Gasteiger partial charge in [0.2, 0.25) is 10.0 Å². The fourth-order valence-corrected chi connectivity index (χ4v) is 3.09. The van der Waals surface area contributed by atoms with E-state index in [-0.39, 0.29) is 37.3 Å². The molecule has 23 heavy (non-hydrogen) atoms. The Morgan fingerprint density at radius 1 is 1.22 bits per heavy atom. The van der Waals surface area contributed by atoms with Gasteiger partial charge in [0.05, 0.1) is 13.2 Å². The molecule has 0 bridgehead atoms. The van der Waals surface area contributed by atoms with Gasteiger partial charge >= 0.3 is 0 Å². The van der Waals surface area contributed by atoms with Gasteiger partial charge in [-0.3, -0.25) is 0 Å². The molecule has 1 atom stereocenters. The zero-order chi connectivity index (χ0) is 15.5. The van der Waals surface area contributed by atoms with Crippen LogP contribution in [0.3, 0.4) is 0 Å². The van der Waals surface area contributed by atoms with Crippen molar-refractivity contribution < 1.29 is 26.3 Å². The van der Waals surface area contributed by atoms with Gasteiger partial charge in [-0.05, 0) is 12.1 Å². The summed E-state index contributed by atoms with van der Waals surface area (Å²) in [5, 5.41) is 3.06. The average Bonchev–Trinajstić information content (AvgIpc) is 2.71. The Kier molecular flexibility index (Phi) is 9.41. The van der Waals surface area contributed by atoms with Crippen molar-refractivity contribution in [2.75, 3.05) is 32.8 Å². The summed E-state index contributed by atoms with van der Waals surface area (Å²) >= 11 is 0. The van der Waals surface area contributed by atoms with E-state index in [1.54, 1.807) is 0 Å². The Hall–Kier alpha value is -0.580. The predicted molar refractivity (Wildman–Crippen MR) is 83.2 cm³/mol. The maximum absolute atomic E-state index is 13.5. The first-order valence-corrected chi connectivity index (χ1v) is 7.82. The van der Waals surface area contributed by atoms with Gasteiger partial charge in [0, 0.05) is 25.6 Å². The van der Waals surface area contributed by atoms with Crippen LogP contribution >= 0.6 is 24.8 Å². The molecular formula is C12H17Cl2F3N2O3S. The summed E-state index contributed by atoms with van der Waals surface area (Å²) in [5.41, 5.74) is 0. The first-order valence-electron chi connectivity index (χ1n) is 6.33. The maximum atomic E-state index is 13.5. The van der Waals surface area contributed by atoms with E-state index in [4.69, 9.17) is 4.74 Å². The highest BCUT2D eigenvalue weighted by Crippen LogP contribution is 2.19. The SMILES string of the molecule is Cl.Cl.O=S(=O)(NCC1CNCCOC1)c1ccc(F)c(F)c1F. The summed E-state index contributed by atoms with van der Waals surface area (Å²) in [6, 6.07) is 1.27. The Morgan fingerprint density at radius 3 is 2.61 bits per heavy atom. The number of ether oxygens (including phenoxy) is 1. The molecule has 134 valence electrons. The molecule has 2 N–H and O–H groups in total. The summed E-state index contributed by atoms with van der Waals surface area (Å²) < 4.78 is 70.8. The molecule has 2 rings (SSSR count). The van der Waals surface area contributed by atoms with Crippen LogP contribution in [-0.4, -0.2) is 41.3 Å². The third-order valence-corrected chi connectivity index (χ3v) is 4.50. The van der Waals surface area contributed by atoms with Gasteiger partial charge in [0.1, 0.15) is 4.90 Å². The molecular weight excluding hydrogens is 380 g/mol. The van der Waals surface area contributed by atoms with Gasteiger partial charge in [-0.1, -0.05) is 0 Å². The molecule has 1 aliphatic rings. The maximum Gasteiger partial charge on any atom is 0.243 e. The normalized spacial score (nSPS) is 18.5. The molecule has 0 amide bonds. The molecule has 5 nitrogen and oxygen atoms in total. The van der Waals surface area contributed by atoms with Crippen LogP contribution < -0.4 is 10.0 Å². The highest BCUT2D eigenvalue weighted by atomic mass is 35.5. The van der Waals surface area contributed by atoms with Crippen molar-refractivity contribution in [3.05, 3.63) is 29.6 Å². The van der Waals surface area contributed by atoms with Crippen LogP contribution in [0.4, 0.5) is 13.2 Å². The molecule has 1 aromatic rings. The third kappa shape index (κ3) is 5.77. The number of sulfonamides is 1. The van der Waals surface area contributed by atoms with Crippen LogP contribution in [0.15, 0.2) is 17.0 Å². The lowest BCUT2D eigenvalue weighted by atomic mass is 10.2. The molecule has 0 aromatic heterocycles. The van der Waals surface area contributed by atoms with Crippen LogP contribution in [0.25, 0.3) is 0 Å². The summed E-state index contributed by atoms with van der Waals surface area (Å²) in [6.45, 7) is 2.11. The molecule has 1 aliphatic heterocycles. The number of nitrogens with one attached hydrogen (secondary N) is 2. The molecule has 1 unspecified atom stereocenters. The van der Waals surface area contributed by atoms with Gasteiger partial charge in [-0.2, -0.15) is 0 Å². The van der Waals surface area contributed by atoms with Gasteiger partial charge in [0.25, 0.3) is 0 Å². The van der Waals surface area contributed by atoms with E-state index in [0.717, 1.165) is 0 Å². The number of benzene rings is 1. The molecule has 1 saturated heterocycles. The van der Waals surface area contributed by atoms with Crippen molar-refractivity contribution in [2.24, 2.45) is 5.92 Å². The van der Waals surface area contributed by atoms with E-state index in [9.17, 15) is 21.6 Å². The van der Waals surface area contributed by atoms with E-state index in [0.29, 0.717) is 38.4 Å². The van der Waals surface area contributed by atoms with Crippen LogP contribution in [0.2, 0.25) is 0 Å². The van der Waals surface area contributed by atoms with Crippen LogP contribution in [-0.2, 0) is 14.8 Å². The van der Waals surface area contributed by atoms with Crippen molar-refractivity contribution in [3.8, 4) is 0 Å². The third-order valence-electron chi connectivity index (χ3n) is 3.06. The van der Waals surface area contributed by atoms with E-state index < -0.39 is 32.4 Å². The van der Waals surface area contributed by atoms with E-state index in [2.05, 4.69) is 10.0 Å². The Balaban J connectivity index is 0.00000242. The van der Waals surface area contributed by atoms with Crippen molar-refractivity contribution in [3.63, 3.8) is 0 Å². The van der Waals surface area contributed by atoms with Crippen LogP contribution in [0.1, 0.15) is 0 Å². The minimum absolute atomic E-state index is 0. The first kappa shape index (κ1) is 22.4. The highest BCUT2D eigenvalue weighted by molar-refractivity contribution is 7.89. The number of rotatable bonds is 4. The van der Waals surface area contributed by atoms with Crippen LogP contribution in [0, 0.1) is 23.4 Å². The lowest BCUT2D eigenvalue weighted by molar-refractivity contribution is 0.124. The Bertz CT molecular complexity index is 612. The second kappa shape index (κ2) is 9.65. The van der Waals surface area contributed by atoms with Crippen molar-refractivity contribution >= 4 is 34.8 Å². The first-order chi connectivity index (χ1) is 9.92. The zero-order valence-corrected chi connectivity index (χ0v) is 14.3. The minimum atomic E-state index is -4.26. The monoisotopic (exact) mass is 396 g/mol. The molecule has 0 saturated carbocycles. The number of hydrogen-bond acceptors (Lipinski definition) is 4. The van der Waals surface area contributed by atoms with E-state index in [1.165, 1.54) is 0 Å². The topological polar surface area (TPSA) is 67.4 Å². The fourth-order valence-electron chi connectivity index (χ4n) is 1.91. The Labute approximate surface area is 144 Å². The van der Waals surface area contributed by atoms with Crippen molar-refractivity contribution in [1.29, 1.82) is 0 Å². The quantitative estimate of drug-likeness (QED) is 0.756. The van der Waals surface area contributed by atoms with Crippen LogP contribution in [0.5, 0.6) is 0 Å². The Morgan fingerprint density at radius 2 is 1.91 bits per heavy atom. The average molecular weight is 397 g/mol. The summed E-state index contributed by atoms with van der Waals surface area (Å²) in [4.78, 5) is -0.913. The molecule has 0 aliphatic carbocycles. The molecule has 0 spiro atoms. The summed E-state index contributed by atoms with van der Waals surface area (Å²) in [5.74, 6) is -5.10. The lowest BCUT2D eigenvalue weighted by Gasteiger charge is -2.15. The second-order valence-corrected chi connectivity index (χ2v) is 6.41. The van der Waals surface area contributed by atoms with E-state index in [1.807, 2.05) is 0 Å². The smallest absolute Gasteiger partial charge is 0.243 e. The van der Waals surface area contributed by atoms with Crippen molar-refractivity contribution in [2.45, 2.75) is 4.90 Å². The number of hydrogen-bond donors (Lipinski definition) is 2. The molecule has 1 fully saturated rings. The predicted octanol–water partition coefficient (Wildman–Crippen LogP) is 1.46. The zero-order valence-electron chi connectivity index (χ0n) is 11.9. The summed E-state index contributed by atoms with van der Waals surface area (Å²) in [6.07, 6.45) is 0. The van der Waals surface area contributed by atoms with Gasteiger partial charge in [-0.25, -0.2) is 26.3 Å². The largest absolute Gasteiger partial charge is 0.380 e. The summed E-state index contributed by atoms with van der Waals surface area (Å²) in [7, 11) is -4.26. The number of halogens is 5. The molecule has 1 heterocycles. The molecule has 11 heteroatoms. The van der Waals surface area contributed by atoms with E-state index >= 15 is 0 Å². The molecule has 0 radical (unpaired) electrons.